The molecule has 1 aromatic carbocycles. The van der Waals surface area contributed by atoms with E-state index in [1.165, 1.54) is 95.3 Å². The Bertz CT molecular complexity index is 624. The fourth-order valence-corrected chi connectivity index (χ4v) is 3.75. The van der Waals surface area contributed by atoms with E-state index < -0.39 is 0 Å². The Balaban J connectivity index is 1.95. The molecule has 0 saturated heterocycles. The van der Waals surface area contributed by atoms with Gasteiger partial charge in [0.25, 0.3) is 0 Å². The average molecular weight is 433 g/mol. The maximum absolute atomic E-state index is 11.7. The Labute approximate surface area is 189 Å². The Kier molecular flexibility index (Phi) is 15.4. The van der Waals surface area contributed by atoms with Crippen LogP contribution in [0.5, 0.6) is 11.5 Å². The first-order chi connectivity index (χ1) is 15.0. The first kappa shape index (κ1) is 27.1. The molecule has 4 nitrogen and oxygen atoms in total. The molecule has 0 heterocycles. The number of carbonyl (C=O) groups excluding carboxylic acids is 1. The lowest BCUT2D eigenvalue weighted by molar-refractivity contribution is -0.137. The molecule has 0 fully saturated rings. The highest BCUT2D eigenvalue weighted by molar-refractivity contribution is 5.87. The zero-order valence-electron chi connectivity index (χ0n) is 19.8. The minimum absolute atomic E-state index is 0.179. The first-order valence-electron chi connectivity index (χ1n) is 12.4. The van der Waals surface area contributed by atoms with E-state index in [0.717, 1.165) is 18.8 Å². The van der Waals surface area contributed by atoms with Gasteiger partial charge < -0.3 is 14.9 Å². The van der Waals surface area contributed by atoms with Gasteiger partial charge in [-0.05, 0) is 36.1 Å². The summed E-state index contributed by atoms with van der Waals surface area (Å²) in [5.41, 5.74) is 0.633. The third-order valence-corrected chi connectivity index (χ3v) is 5.80. The van der Waals surface area contributed by atoms with Crippen LogP contribution in [0.25, 0.3) is 6.08 Å². The van der Waals surface area contributed by atoms with Crippen molar-refractivity contribution in [3.05, 3.63) is 29.8 Å². The molecular formula is C27H44O4. The molecule has 0 bridgehead atoms. The molecule has 0 aliphatic carbocycles. The molecule has 1 atom stereocenters. The number of rotatable bonds is 18. The van der Waals surface area contributed by atoms with Gasteiger partial charge in [-0.15, -0.1) is 0 Å². The van der Waals surface area contributed by atoms with Crippen LogP contribution in [0.4, 0.5) is 0 Å². The minimum atomic E-state index is -0.383. The Morgan fingerprint density at radius 2 is 1.45 bits per heavy atom. The van der Waals surface area contributed by atoms with E-state index in [2.05, 4.69) is 13.8 Å². The van der Waals surface area contributed by atoms with Crippen molar-refractivity contribution in [3.8, 4) is 11.5 Å². The van der Waals surface area contributed by atoms with Crippen LogP contribution in [-0.2, 0) is 9.53 Å². The summed E-state index contributed by atoms with van der Waals surface area (Å²) in [4.78, 5) is 11.7. The summed E-state index contributed by atoms with van der Waals surface area (Å²) in [5, 5.41) is 18.7. The molecular weight excluding hydrogens is 388 g/mol. The van der Waals surface area contributed by atoms with E-state index in [4.69, 9.17) is 4.74 Å². The highest BCUT2D eigenvalue weighted by atomic mass is 16.5. The summed E-state index contributed by atoms with van der Waals surface area (Å²) in [7, 11) is 0. The van der Waals surface area contributed by atoms with E-state index in [1.807, 2.05) is 0 Å². The number of carbonyl (C=O) groups is 1. The van der Waals surface area contributed by atoms with Gasteiger partial charge in [-0.2, -0.15) is 0 Å². The van der Waals surface area contributed by atoms with Gasteiger partial charge in [0.05, 0.1) is 6.61 Å². The van der Waals surface area contributed by atoms with Crippen LogP contribution in [0.15, 0.2) is 24.3 Å². The second-order valence-corrected chi connectivity index (χ2v) is 8.82. The van der Waals surface area contributed by atoms with Crippen molar-refractivity contribution in [1.29, 1.82) is 0 Å². The third-order valence-electron chi connectivity index (χ3n) is 5.80. The van der Waals surface area contributed by atoms with E-state index >= 15 is 0 Å². The number of phenols is 2. The molecule has 0 aromatic heterocycles. The van der Waals surface area contributed by atoms with E-state index in [-0.39, 0.29) is 17.5 Å². The topological polar surface area (TPSA) is 66.8 Å². The predicted octanol–water partition coefficient (Wildman–Crippen LogP) is 7.77. The molecule has 0 amide bonds. The molecule has 0 spiro atoms. The fraction of sp³-hybridized carbons (Fsp3) is 0.667. The summed E-state index contributed by atoms with van der Waals surface area (Å²) in [6, 6.07) is 4.40. The Hall–Kier alpha value is -1.97. The SMILES string of the molecule is CCCCCCCCCCC[C@H](C)CCCCCOC(=O)C=Cc1ccc(O)c(O)c1. The van der Waals surface area contributed by atoms with E-state index in [1.54, 1.807) is 12.1 Å². The molecule has 1 aromatic rings. The van der Waals surface area contributed by atoms with Crippen molar-refractivity contribution < 1.29 is 19.7 Å². The normalized spacial score (nSPS) is 12.3. The molecule has 31 heavy (non-hydrogen) atoms. The number of phenolic OH excluding ortho intramolecular Hbond substituents is 2. The summed E-state index contributed by atoms with van der Waals surface area (Å²) in [6.45, 7) is 5.07. The van der Waals surface area contributed by atoms with Crippen molar-refractivity contribution in [1.82, 2.24) is 0 Å². The van der Waals surface area contributed by atoms with Crippen LogP contribution in [0.1, 0.15) is 109 Å². The quantitative estimate of drug-likeness (QED) is 0.108. The monoisotopic (exact) mass is 432 g/mol. The second-order valence-electron chi connectivity index (χ2n) is 8.82. The highest BCUT2D eigenvalue weighted by Crippen LogP contribution is 2.25. The van der Waals surface area contributed by atoms with Crippen LogP contribution in [0.2, 0.25) is 0 Å². The van der Waals surface area contributed by atoms with Crippen LogP contribution in [0, 0.1) is 5.92 Å². The number of esters is 1. The molecule has 0 aliphatic rings. The minimum Gasteiger partial charge on any atom is -0.504 e. The number of unbranched alkanes of at least 4 members (excludes halogenated alkanes) is 10. The Morgan fingerprint density at radius 1 is 0.871 bits per heavy atom. The molecule has 0 unspecified atom stereocenters. The van der Waals surface area contributed by atoms with Crippen LogP contribution in [-0.4, -0.2) is 22.8 Å². The standard InChI is InChI=1S/C27H44O4/c1-3-4-5-6-7-8-9-10-12-15-23(2)16-13-11-14-21-31-27(30)20-18-24-17-19-25(28)26(29)22-24/h17-20,22-23,28-29H,3-16,21H2,1-2H3/t23-/m0/s1. The highest BCUT2D eigenvalue weighted by Gasteiger charge is 2.03. The van der Waals surface area contributed by atoms with Crippen molar-refractivity contribution in [3.63, 3.8) is 0 Å². The maximum Gasteiger partial charge on any atom is 0.330 e. The lowest BCUT2D eigenvalue weighted by atomic mass is 9.96. The van der Waals surface area contributed by atoms with Crippen LogP contribution >= 0.6 is 0 Å². The van der Waals surface area contributed by atoms with Crippen molar-refractivity contribution in [2.24, 2.45) is 5.92 Å². The lowest BCUT2D eigenvalue weighted by Gasteiger charge is -2.11. The van der Waals surface area contributed by atoms with Crippen molar-refractivity contribution in [2.75, 3.05) is 6.61 Å². The van der Waals surface area contributed by atoms with E-state index in [0.29, 0.717) is 12.2 Å². The summed E-state index contributed by atoms with van der Waals surface area (Å²) < 4.78 is 5.22. The number of benzene rings is 1. The van der Waals surface area contributed by atoms with Crippen LogP contribution in [0.3, 0.4) is 0 Å². The van der Waals surface area contributed by atoms with Gasteiger partial charge in [-0.1, -0.05) is 103 Å². The number of ether oxygens (including phenoxy) is 1. The summed E-state index contributed by atoms with van der Waals surface area (Å²) in [6.07, 6.45) is 21.2. The van der Waals surface area contributed by atoms with Gasteiger partial charge in [-0.25, -0.2) is 4.79 Å². The molecule has 176 valence electrons. The van der Waals surface area contributed by atoms with Gasteiger partial charge in [0.15, 0.2) is 11.5 Å². The van der Waals surface area contributed by atoms with Crippen molar-refractivity contribution in [2.45, 2.75) is 104 Å². The predicted molar refractivity (Wildman–Crippen MR) is 129 cm³/mol. The van der Waals surface area contributed by atoms with Gasteiger partial charge >= 0.3 is 5.97 Å². The van der Waals surface area contributed by atoms with Gasteiger partial charge in [0, 0.05) is 6.08 Å². The maximum atomic E-state index is 11.7. The van der Waals surface area contributed by atoms with Gasteiger partial charge in [-0.3, -0.25) is 0 Å². The first-order valence-corrected chi connectivity index (χ1v) is 12.4. The smallest absolute Gasteiger partial charge is 0.330 e. The molecule has 0 saturated carbocycles. The zero-order chi connectivity index (χ0) is 22.7. The number of aromatic hydroxyl groups is 2. The summed E-state index contributed by atoms with van der Waals surface area (Å²) >= 11 is 0. The summed E-state index contributed by atoms with van der Waals surface area (Å²) in [5.74, 6) is 0.0211. The molecule has 2 N–H and O–H groups in total. The second kappa shape index (κ2) is 17.7. The molecule has 4 heteroatoms. The molecule has 0 radical (unpaired) electrons. The third kappa shape index (κ3) is 14.6. The number of hydrogen-bond acceptors (Lipinski definition) is 4. The van der Waals surface area contributed by atoms with Gasteiger partial charge in [0.1, 0.15) is 0 Å². The van der Waals surface area contributed by atoms with Crippen molar-refractivity contribution >= 4 is 12.0 Å². The van der Waals surface area contributed by atoms with Gasteiger partial charge in [0.2, 0.25) is 0 Å². The number of hydrogen-bond donors (Lipinski definition) is 2. The fourth-order valence-electron chi connectivity index (χ4n) is 3.75. The van der Waals surface area contributed by atoms with E-state index in [9.17, 15) is 15.0 Å². The zero-order valence-corrected chi connectivity index (χ0v) is 19.8. The molecule has 0 aliphatic heterocycles. The molecule has 1 rings (SSSR count). The Morgan fingerprint density at radius 3 is 2.06 bits per heavy atom. The van der Waals surface area contributed by atoms with Crippen LogP contribution < -0.4 is 0 Å². The largest absolute Gasteiger partial charge is 0.504 e. The average Bonchev–Trinajstić information content (AvgIpc) is 2.75. The lowest BCUT2D eigenvalue weighted by Crippen LogP contribution is -2.02.